The Labute approximate surface area is 131 Å². The second kappa shape index (κ2) is 6.60. The molecule has 0 aliphatic rings. The van der Waals surface area contributed by atoms with Crippen LogP contribution in [0.4, 0.5) is 5.69 Å². The highest BCUT2D eigenvalue weighted by Crippen LogP contribution is 2.28. The van der Waals surface area contributed by atoms with Gasteiger partial charge in [0.1, 0.15) is 5.75 Å². The van der Waals surface area contributed by atoms with Gasteiger partial charge in [0.05, 0.1) is 13.5 Å². The molecule has 2 aromatic rings. The monoisotopic (exact) mass is 298 g/mol. The maximum atomic E-state index is 12.3. The minimum absolute atomic E-state index is 0.0299. The molecule has 0 atom stereocenters. The summed E-state index contributed by atoms with van der Waals surface area (Å²) in [6.45, 7) is 7.94. The molecule has 0 unspecified atom stereocenters. The molecule has 4 nitrogen and oxygen atoms in total. The highest BCUT2D eigenvalue weighted by Gasteiger charge is 2.13. The lowest BCUT2D eigenvalue weighted by Crippen LogP contribution is -2.16. The molecule has 0 spiro atoms. The quantitative estimate of drug-likeness (QED) is 0.940. The SMILES string of the molecule is COc1c(C)cc(CC(=O)Nc2ccnc(C)c2)c(C)c1C. The van der Waals surface area contributed by atoms with E-state index in [2.05, 4.69) is 10.3 Å². The zero-order chi connectivity index (χ0) is 16.3. The summed E-state index contributed by atoms with van der Waals surface area (Å²) in [4.78, 5) is 16.4. The van der Waals surface area contributed by atoms with Crippen molar-refractivity contribution in [2.45, 2.75) is 34.1 Å². The maximum absolute atomic E-state index is 12.3. The number of carbonyl (C=O) groups excluding carboxylic acids is 1. The smallest absolute Gasteiger partial charge is 0.228 e. The Bertz CT molecular complexity index is 708. The van der Waals surface area contributed by atoms with Gasteiger partial charge in [0, 0.05) is 17.6 Å². The molecule has 1 aromatic carbocycles. The summed E-state index contributed by atoms with van der Waals surface area (Å²) in [6, 6.07) is 5.68. The van der Waals surface area contributed by atoms with E-state index < -0.39 is 0 Å². The van der Waals surface area contributed by atoms with Crippen LogP contribution in [0, 0.1) is 27.7 Å². The van der Waals surface area contributed by atoms with Gasteiger partial charge in [-0.3, -0.25) is 9.78 Å². The van der Waals surface area contributed by atoms with E-state index in [0.29, 0.717) is 6.42 Å². The first kappa shape index (κ1) is 16.0. The Balaban J connectivity index is 2.18. The number of benzene rings is 1. The van der Waals surface area contributed by atoms with Crippen molar-refractivity contribution in [1.82, 2.24) is 4.98 Å². The van der Waals surface area contributed by atoms with Crippen molar-refractivity contribution in [3.63, 3.8) is 0 Å². The first-order valence-corrected chi connectivity index (χ1v) is 7.28. The fourth-order valence-corrected chi connectivity index (χ4v) is 2.64. The van der Waals surface area contributed by atoms with Crippen molar-refractivity contribution >= 4 is 11.6 Å². The fourth-order valence-electron chi connectivity index (χ4n) is 2.64. The number of aryl methyl sites for hydroxylation is 2. The van der Waals surface area contributed by atoms with Gasteiger partial charge in [-0.1, -0.05) is 6.07 Å². The second-order valence-corrected chi connectivity index (χ2v) is 5.55. The summed E-state index contributed by atoms with van der Waals surface area (Å²) < 4.78 is 5.42. The first-order valence-electron chi connectivity index (χ1n) is 7.28. The molecule has 2 rings (SSSR count). The molecule has 0 radical (unpaired) electrons. The molecule has 0 aliphatic carbocycles. The normalized spacial score (nSPS) is 10.4. The minimum atomic E-state index is -0.0299. The number of rotatable bonds is 4. The fraction of sp³-hybridized carbons (Fsp3) is 0.333. The van der Waals surface area contributed by atoms with Crippen LogP contribution in [0.15, 0.2) is 24.4 Å². The summed E-state index contributed by atoms with van der Waals surface area (Å²) in [5.41, 5.74) is 5.92. The Morgan fingerprint density at radius 3 is 2.55 bits per heavy atom. The number of ether oxygens (including phenoxy) is 1. The molecule has 1 amide bonds. The van der Waals surface area contributed by atoms with Gasteiger partial charge in [0.25, 0.3) is 0 Å². The minimum Gasteiger partial charge on any atom is -0.496 e. The van der Waals surface area contributed by atoms with Crippen molar-refractivity contribution in [1.29, 1.82) is 0 Å². The topological polar surface area (TPSA) is 51.2 Å². The molecular formula is C18H22N2O2. The lowest BCUT2D eigenvalue weighted by Gasteiger charge is -2.15. The van der Waals surface area contributed by atoms with Crippen LogP contribution in [0.25, 0.3) is 0 Å². The third-order valence-corrected chi connectivity index (χ3v) is 3.87. The van der Waals surface area contributed by atoms with Crippen LogP contribution in [0.3, 0.4) is 0 Å². The van der Waals surface area contributed by atoms with Crippen LogP contribution < -0.4 is 10.1 Å². The number of methoxy groups -OCH3 is 1. The summed E-state index contributed by atoms with van der Waals surface area (Å²) in [5.74, 6) is 0.865. The van der Waals surface area contributed by atoms with E-state index in [0.717, 1.165) is 39.4 Å². The van der Waals surface area contributed by atoms with Gasteiger partial charge in [-0.05, 0) is 62.1 Å². The van der Waals surface area contributed by atoms with Gasteiger partial charge < -0.3 is 10.1 Å². The lowest BCUT2D eigenvalue weighted by atomic mass is 9.96. The molecule has 0 bridgehead atoms. The molecule has 0 aliphatic heterocycles. The van der Waals surface area contributed by atoms with Gasteiger partial charge in [-0.2, -0.15) is 0 Å². The highest BCUT2D eigenvalue weighted by molar-refractivity contribution is 5.92. The predicted molar refractivity (Wildman–Crippen MR) is 88.5 cm³/mol. The van der Waals surface area contributed by atoms with Crippen molar-refractivity contribution in [2.75, 3.05) is 12.4 Å². The highest BCUT2D eigenvalue weighted by atomic mass is 16.5. The van der Waals surface area contributed by atoms with E-state index in [1.54, 1.807) is 19.4 Å². The third kappa shape index (κ3) is 3.45. The van der Waals surface area contributed by atoms with Crippen LogP contribution >= 0.6 is 0 Å². The zero-order valence-corrected chi connectivity index (χ0v) is 13.8. The number of aromatic nitrogens is 1. The summed E-state index contributed by atoms with van der Waals surface area (Å²) in [7, 11) is 1.67. The van der Waals surface area contributed by atoms with E-state index in [1.165, 1.54) is 0 Å². The van der Waals surface area contributed by atoms with Crippen molar-refractivity contribution in [2.24, 2.45) is 0 Å². The van der Waals surface area contributed by atoms with Gasteiger partial charge in [0.2, 0.25) is 5.91 Å². The van der Waals surface area contributed by atoms with Gasteiger partial charge in [-0.15, -0.1) is 0 Å². The van der Waals surface area contributed by atoms with Crippen molar-refractivity contribution in [3.05, 3.63) is 52.3 Å². The van der Waals surface area contributed by atoms with Crippen LogP contribution in [0.1, 0.15) is 27.9 Å². The van der Waals surface area contributed by atoms with E-state index in [4.69, 9.17) is 4.74 Å². The summed E-state index contributed by atoms with van der Waals surface area (Å²) >= 11 is 0. The largest absolute Gasteiger partial charge is 0.496 e. The molecule has 0 saturated carbocycles. The van der Waals surface area contributed by atoms with Gasteiger partial charge in [-0.25, -0.2) is 0 Å². The van der Waals surface area contributed by atoms with Crippen LogP contribution in [0.2, 0.25) is 0 Å². The Morgan fingerprint density at radius 1 is 1.18 bits per heavy atom. The van der Waals surface area contributed by atoms with E-state index >= 15 is 0 Å². The first-order chi connectivity index (χ1) is 10.4. The molecule has 1 aromatic heterocycles. The van der Waals surface area contributed by atoms with E-state index in [1.807, 2.05) is 39.8 Å². The molecule has 116 valence electrons. The number of hydrogen-bond acceptors (Lipinski definition) is 3. The number of amides is 1. The molecule has 22 heavy (non-hydrogen) atoms. The number of pyridine rings is 1. The van der Waals surface area contributed by atoms with Crippen molar-refractivity contribution < 1.29 is 9.53 Å². The standard InChI is InChI=1S/C18H22N2O2/c1-11-8-15(13(3)14(4)18(11)22-5)10-17(21)20-16-6-7-19-12(2)9-16/h6-9H,10H2,1-5H3,(H,19,20,21). The Kier molecular flexibility index (Phi) is 4.81. The zero-order valence-electron chi connectivity index (χ0n) is 13.8. The van der Waals surface area contributed by atoms with Crippen LogP contribution in [-0.4, -0.2) is 18.0 Å². The average Bonchev–Trinajstić information content (AvgIpc) is 2.45. The number of anilines is 1. The molecule has 0 saturated heterocycles. The number of nitrogens with zero attached hydrogens (tertiary/aromatic N) is 1. The molecule has 0 fully saturated rings. The number of nitrogens with one attached hydrogen (secondary N) is 1. The van der Waals surface area contributed by atoms with Crippen LogP contribution in [-0.2, 0) is 11.2 Å². The number of carbonyl (C=O) groups is 1. The molecule has 1 N–H and O–H groups in total. The lowest BCUT2D eigenvalue weighted by molar-refractivity contribution is -0.115. The molecule has 1 heterocycles. The summed E-state index contributed by atoms with van der Waals surface area (Å²) in [5, 5.41) is 2.92. The van der Waals surface area contributed by atoms with E-state index in [9.17, 15) is 4.79 Å². The number of hydrogen-bond donors (Lipinski definition) is 1. The molecular weight excluding hydrogens is 276 g/mol. The van der Waals surface area contributed by atoms with Gasteiger partial charge in [0.15, 0.2) is 0 Å². The Morgan fingerprint density at radius 2 is 1.91 bits per heavy atom. The van der Waals surface area contributed by atoms with Gasteiger partial charge >= 0.3 is 0 Å². The van der Waals surface area contributed by atoms with Crippen molar-refractivity contribution in [3.8, 4) is 5.75 Å². The predicted octanol–water partition coefficient (Wildman–Crippen LogP) is 3.51. The Hall–Kier alpha value is -2.36. The molecule has 4 heteroatoms. The second-order valence-electron chi connectivity index (χ2n) is 5.55. The third-order valence-electron chi connectivity index (χ3n) is 3.87. The van der Waals surface area contributed by atoms with E-state index in [-0.39, 0.29) is 5.91 Å². The maximum Gasteiger partial charge on any atom is 0.228 e. The summed E-state index contributed by atoms with van der Waals surface area (Å²) in [6.07, 6.45) is 2.04. The average molecular weight is 298 g/mol. The van der Waals surface area contributed by atoms with Crippen LogP contribution in [0.5, 0.6) is 5.75 Å².